The van der Waals surface area contributed by atoms with E-state index in [4.69, 9.17) is 9.97 Å². The maximum Gasteiger partial charge on any atom is 0.134 e. The molecule has 3 nitrogen and oxygen atoms in total. The van der Waals surface area contributed by atoms with E-state index < -0.39 is 0 Å². The number of hydrogen-bond acceptors (Lipinski definition) is 3. The van der Waals surface area contributed by atoms with Gasteiger partial charge in [0.2, 0.25) is 0 Å². The number of piperidine rings is 1. The predicted octanol–water partition coefficient (Wildman–Crippen LogP) is 3.98. The maximum atomic E-state index is 5.03. The van der Waals surface area contributed by atoms with E-state index in [-0.39, 0.29) is 10.8 Å². The van der Waals surface area contributed by atoms with Gasteiger partial charge in [-0.2, -0.15) is 0 Å². The summed E-state index contributed by atoms with van der Waals surface area (Å²) in [6.45, 7) is 15.8. The van der Waals surface area contributed by atoms with Gasteiger partial charge in [0.05, 0.1) is 11.4 Å². The lowest BCUT2D eigenvalue weighted by Crippen LogP contribution is -2.45. The largest absolute Gasteiger partial charge is 0.296 e. The molecule has 0 radical (unpaired) electrons. The average molecular weight is 301 g/mol. The molecule has 0 spiro atoms. The zero-order chi connectivity index (χ0) is 16.1. The van der Waals surface area contributed by atoms with Crippen molar-refractivity contribution < 1.29 is 0 Å². The van der Waals surface area contributed by atoms with E-state index in [9.17, 15) is 0 Å². The first-order valence-electron chi connectivity index (χ1n) is 8.81. The standard InChI is InChI=1S/C19H31N3/c1-18(2,3)16-14-12-22-10-8-7-9-13(22)11-15(14)20-17(21-16)19(4,5)6/h13H,7-12H2,1-6H3. The fraction of sp³-hybridized carbons (Fsp3) is 0.789. The van der Waals surface area contributed by atoms with Gasteiger partial charge in [0, 0.05) is 35.4 Å². The summed E-state index contributed by atoms with van der Waals surface area (Å²) < 4.78 is 0. The Hall–Kier alpha value is -0.960. The predicted molar refractivity (Wildman–Crippen MR) is 91.2 cm³/mol. The van der Waals surface area contributed by atoms with E-state index in [1.807, 2.05) is 0 Å². The SMILES string of the molecule is CC(C)(C)c1nc2c(c(C(C)(C)C)n1)CN1CCCCC1C2. The summed E-state index contributed by atoms with van der Waals surface area (Å²) in [6, 6.07) is 0.705. The summed E-state index contributed by atoms with van der Waals surface area (Å²) in [7, 11) is 0. The molecule has 1 aromatic rings. The highest BCUT2D eigenvalue weighted by molar-refractivity contribution is 5.34. The maximum absolute atomic E-state index is 5.03. The number of fused-ring (bicyclic) bond motifs is 2. The van der Waals surface area contributed by atoms with Crippen molar-refractivity contribution in [2.75, 3.05) is 6.54 Å². The molecule has 0 N–H and O–H groups in total. The highest BCUT2D eigenvalue weighted by Gasteiger charge is 2.35. The monoisotopic (exact) mass is 301 g/mol. The van der Waals surface area contributed by atoms with E-state index in [0.29, 0.717) is 6.04 Å². The Labute approximate surface area is 135 Å². The molecule has 122 valence electrons. The van der Waals surface area contributed by atoms with Gasteiger partial charge in [0.15, 0.2) is 0 Å². The van der Waals surface area contributed by atoms with Gasteiger partial charge in [-0.1, -0.05) is 48.0 Å². The molecule has 3 heteroatoms. The topological polar surface area (TPSA) is 29.0 Å². The Morgan fingerprint density at radius 1 is 0.955 bits per heavy atom. The zero-order valence-corrected chi connectivity index (χ0v) is 15.2. The van der Waals surface area contributed by atoms with Crippen LogP contribution in [0.25, 0.3) is 0 Å². The molecule has 1 saturated heterocycles. The van der Waals surface area contributed by atoms with Crippen LogP contribution < -0.4 is 0 Å². The third-order valence-corrected chi connectivity index (χ3v) is 5.01. The highest BCUT2D eigenvalue weighted by Crippen LogP contribution is 2.35. The summed E-state index contributed by atoms with van der Waals surface area (Å²) in [6.07, 6.45) is 5.17. The van der Waals surface area contributed by atoms with Crippen molar-refractivity contribution in [2.45, 2.75) is 90.6 Å². The van der Waals surface area contributed by atoms with E-state index in [0.717, 1.165) is 18.8 Å². The van der Waals surface area contributed by atoms with Crippen LogP contribution >= 0.6 is 0 Å². The average Bonchev–Trinajstić information content (AvgIpc) is 2.41. The quantitative estimate of drug-likeness (QED) is 0.726. The lowest BCUT2D eigenvalue weighted by Gasteiger charge is -2.41. The van der Waals surface area contributed by atoms with Gasteiger partial charge in [-0.15, -0.1) is 0 Å². The number of nitrogens with zero attached hydrogens (tertiary/aromatic N) is 3. The summed E-state index contributed by atoms with van der Waals surface area (Å²) in [5, 5.41) is 0. The Morgan fingerprint density at radius 3 is 2.32 bits per heavy atom. The number of rotatable bonds is 0. The van der Waals surface area contributed by atoms with Crippen LogP contribution in [0.4, 0.5) is 0 Å². The highest BCUT2D eigenvalue weighted by atomic mass is 15.2. The van der Waals surface area contributed by atoms with Crippen molar-refractivity contribution in [3.63, 3.8) is 0 Å². The number of aromatic nitrogens is 2. The third-order valence-electron chi connectivity index (χ3n) is 5.01. The molecule has 0 aliphatic carbocycles. The van der Waals surface area contributed by atoms with Crippen molar-refractivity contribution in [3.8, 4) is 0 Å². The van der Waals surface area contributed by atoms with Crippen molar-refractivity contribution in [1.82, 2.24) is 14.9 Å². The molecule has 1 fully saturated rings. The normalized spacial score (nSPS) is 23.1. The molecule has 3 heterocycles. The van der Waals surface area contributed by atoms with E-state index in [1.54, 1.807) is 0 Å². The van der Waals surface area contributed by atoms with Crippen LogP contribution in [-0.4, -0.2) is 27.5 Å². The second kappa shape index (κ2) is 5.30. The Morgan fingerprint density at radius 2 is 1.68 bits per heavy atom. The Kier molecular flexibility index (Phi) is 3.83. The summed E-state index contributed by atoms with van der Waals surface area (Å²) in [5.41, 5.74) is 4.10. The van der Waals surface area contributed by atoms with E-state index in [2.05, 4.69) is 46.4 Å². The van der Waals surface area contributed by atoms with Crippen LogP contribution in [0.2, 0.25) is 0 Å². The van der Waals surface area contributed by atoms with Gasteiger partial charge >= 0.3 is 0 Å². The fourth-order valence-corrected chi connectivity index (χ4v) is 3.75. The molecule has 1 unspecified atom stereocenters. The lowest BCUT2D eigenvalue weighted by atomic mass is 9.82. The van der Waals surface area contributed by atoms with Crippen molar-refractivity contribution >= 4 is 0 Å². The molecule has 3 rings (SSSR count). The molecule has 0 bridgehead atoms. The summed E-state index contributed by atoms with van der Waals surface area (Å²) in [4.78, 5) is 12.7. The van der Waals surface area contributed by atoms with Crippen molar-refractivity contribution in [3.05, 3.63) is 22.8 Å². The molecule has 22 heavy (non-hydrogen) atoms. The minimum Gasteiger partial charge on any atom is -0.296 e. The molecular formula is C19H31N3. The Balaban J connectivity index is 2.10. The van der Waals surface area contributed by atoms with Crippen LogP contribution in [0.5, 0.6) is 0 Å². The van der Waals surface area contributed by atoms with Gasteiger partial charge in [0.25, 0.3) is 0 Å². The van der Waals surface area contributed by atoms with Crippen LogP contribution in [0, 0.1) is 0 Å². The summed E-state index contributed by atoms with van der Waals surface area (Å²) >= 11 is 0. The second-order valence-electron chi connectivity index (χ2n) is 9.15. The minimum atomic E-state index is 0.0126. The van der Waals surface area contributed by atoms with Gasteiger partial charge < -0.3 is 0 Å². The van der Waals surface area contributed by atoms with Crippen LogP contribution in [0.1, 0.15) is 83.6 Å². The molecule has 2 aliphatic heterocycles. The summed E-state index contributed by atoms with van der Waals surface area (Å²) in [5.74, 6) is 1.01. The van der Waals surface area contributed by atoms with E-state index >= 15 is 0 Å². The van der Waals surface area contributed by atoms with Crippen molar-refractivity contribution in [1.29, 1.82) is 0 Å². The first kappa shape index (κ1) is 15.9. The van der Waals surface area contributed by atoms with Crippen LogP contribution in [0.15, 0.2) is 0 Å². The van der Waals surface area contributed by atoms with Crippen LogP contribution in [0.3, 0.4) is 0 Å². The van der Waals surface area contributed by atoms with Crippen molar-refractivity contribution in [2.24, 2.45) is 0 Å². The van der Waals surface area contributed by atoms with Gasteiger partial charge in [-0.3, -0.25) is 4.90 Å². The van der Waals surface area contributed by atoms with Gasteiger partial charge in [0.1, 0.15) is 5.82 Å². The molecule has 0 saturated carbocycles. The molecule has 2 aliphatic rings. The smallest absolute Gasteiger partial charge is 0.134 e. The molecular weight excluding hydrogens is 270 g/mol. The van der Waals surface area contributed by atoms with Gasteiger partial charge in [-0.05, 0) is 19.4 Å². The molecule has 1 atom stereocenters. The third kappa shape index (κ3) is 2.92. The van der Waals surface area contributed by atoms with Gasteiger partial charge in [-0.25, -0.2) is 9.97 Å². The zero-order valence-electron chi connectivity index (χ0n) is 15.2. The lowest BCUT2D eigenvalue weighted by molar-refractivity contribution is 0.124. The minimum absolute atomic E-state index is 0.0126. The Bertz CT molecular complexity index is 563. The number of hydrogen-bond donors (Lipinski definition) is 0. The molecule has 0 amide bonds. The van der Waals surface area contributed by atoms with Crippen LogP contribution in [-0.2, 0) is 23.8 Å². The van der Waals surface area contributed by atoms with E-state index in [1.165, 1.54) is 42.8 Å². The second-order valence-corrected chi connectivity index (χ2v) is 9.15. The fourth-order valence-electron chi connectivity index (χ4n) is 3.75. The molecule has 0 aromatic carbocycles. The molecule has 1 aromatic heterocycles. The first-order chi connectivity index (χ1) is 10.2. The first-order valence-corrected chi connectivity index (χ1v) is 8.81.